The maximum Gasteiger partial charge on any atom is 0.242 e. The average Bonchev–Trinajstić information content (AvgIpc) is 2.74. The van der Waals surface area contributed by atoms with Crippen LogP contribution in [0.2, 0.25) is 0 Å². The van der Waals surface area contributed by atoms with Gasteiger partial charge in [-0.1, -0.05) is 39.0 Å². The summed E-state index contributed by atoms with van der Waals surface area (Å²) in [5.41, 5.74) is 0. The summed E-state index contributed by atoms with van der Waals surface area (Å²) in [7, 11) is 0. The molecule has 1 heterocycles. The van der Waals surface area contributed by atoms with E-state index in [0.717, 1.165) is 13.0 Å². The molecule has 1 atom stereocenters. The quantitative estimate of drug-likeness (QED) is 0.635. The first-order valence-electron chi connectivity index (χ1n) is 6.81. The summed E-state index contributed by atoms with van der Waals surface area (Å²) in [5.74, 6) is -0.0332. The van der Waals surface area contributed by atoms with Crippen molar-refractivity contribution in [2.75, 3.05) is 6.54 Å². The van der Waals surface area contributed by atoms with Gasteiger partial charge in [0.25, 0.3) is 0 Å². The molecule has 0 aliphatic carbocycles. The van der Waals surface area contributed by atoms with E-state index in [9.17, 15) is 9.59 Å². The smallest absolute Gasteiger partial charge is 0.242 e. The van der Waals surface area contributed by atoms with Gasteiger partial charge in [-0.15, -0.1) is 0 Å². The third-order valence-corrected chi connectivity index (χ3v) is 3.14. The molecule has 0 bridgehead atoms. The van der Waals surface area contributed by atoms with Crippen LogP contribution in [0.15, 0.2) is 0 Å². The van der Waals surface area contributed by atoms with Crippen LogP contribution in [-0.2, 0) is 9.59 Å². The first-order chi connectivity index (χ1) is 8.24. The molecule has 4 heteroatoms. The van der Waals surface area contributed by atoms with Crippen LogP contribution in [0, 0.1) is 0 Å². The van der Waals surface area contributed by atoms with E-state index >= 15 is 0 Å². The third kappa shape index (κ3) is 5.71. The van der Waals surface area contributed by atoms with E-state index in [1.165, 1.54) is 32.1 Å². The van der Waals surface area contributed by atoms with E-state index in [2.05, 4.69) is 17.6 Å². The van der Waals surface area contributed by atoms with Crippen LogP contribution in [0.5, 0.6) is 0 Å². The molecule has 0 saturated carbocycles. The molecular formula is C13H24N2O2. The van der Waals surface area contributed by atoms with Crippen molar-refractivity contribution in [1.82, 2.24) is 10.6 Å². The van der Waals surface area contributed by atoms with Crippen molar-refractivity contribution in [3.05, 3.63) is 0 Å². The van der Waals surface area contributed by atoms with E-state index < -0.39 is 0 Å². The van der Waals surface area contributed by atoms with E-state index in [1.807, 2.05) is 0 Å². The SMILES string of the molecule is CCCCCCCCNC(=O)C1CCC(=O)N1. The van der Waals surface area contributed by atoms with Gasteiger partial charge in [0.05, 0.1) is 0 Å². The van der Waals surface area contributed by atoms with E-state index in [0.29, 0.717) is 12.8 Å². The summed E-state index contributed by atoms with van der Waals surface area (Å²) < 4.78 is 0. The summed E-state index contributed by atoms with van der Waals surface area (Å²) in [6, 6.07) is -0.289. The van der Waals surface area contributed by atoms with Crippen molar-refractivity contribution in [2.24, 2.45) is 0 Å². The number of hydrogen-bond acceptors (Lipinski definition) is 2. The molecule has 0 aromatic heterocycles. The molecule has 2 N–H and O–H groups in total. The number of rotatable bonds is 8. The first kappa shape index (κ1) is 14.0. The Labute approximate surface area is 104 Å². The molecule has 1 unspecified atom stereocenters. The van der Waals surface area contributed by atoms with Gasteiger partial charge < -0.3 is 10.6 Å². The Morgan fingerprint density at radius 1 is 1.29 bits per heavy atom. The van der Waals surface area contributed by atoms with Crippen molar-refractivity contribution in [2.45, 2.75) is 64.3 Å². The van der Waals surface area contributed by atoms with Gasteiger partial charge in [-0.05, 0) is 12.8 Å². The predicted molar refractivity (Wildman–Crippen MR) is 67.6 cm³/mol. The Balaban J connectivity index is 1.95. The monoisotopic (exact) mass is 240 g/mol. The molecule has 0 aromatic carbocycles. The molecule has 2 amide bonds. The van der Waals surface area contributed by atoms with Crippen LogP contribution in [0.25, 0.3) is 0 Å². The number of hydrogen-bond donors (Lipinski definition) is 2. The fourth-order valence-electron chi connectivity index (χ4n) is 2.05. The van der Waals surface area contributed by atoms with Crippen LogP contribution >= 0.6 is 0 Å². The van der Waals surface area contributed by atoms with Crippen molar-refractivity contribution in [3.63, 3.8) is 0 Å². The van der Waals surface area contributed by atoms with Gasteiger partial charge in [-0.25, -0.2) is 0 Å². The highest BCUT2D eigenvalue weighted by Crippen LogP contribution is 2.07. The molecule has 4 nitrogen and oxygen atoms in total. The Hall–Kier alpha value is -1.06. The topological polar surface area (TPSA) is 58.2 Å². The molecule has 1 aliphatic rings. The van der Waals surface area contributed by atoms with E-state index in [4.69, 9.17) is 0 Å². The predicted octanol–water partition coefficient (Wildman–Crippen LogP) is 1.74. The maximum atomic E-state index is 11.6. The summed E-state index contributed by atoms with van der Waals surface area (Å²) in [6.45, 7) is 2.94. The third-order valence-electron chi connectivity index (χ3n) is 3.14. The lowest BCUT2D eigenvalue weighted by atomic mass is 10.1. The fourth-order valence-corrected chi connectivity index (χ4v) is 2.05. The molecule has 0 aromatic rings. The summed E-state index contributed by atoms with van der Waals surface area (Å²) in [4.78, 5) is 22.5. The lowest BCUT2D eigenvalue weighted by molar-refractivity contribution is -0.125. The number of carbonyl (C=O) groups is 2. The van der Waals surface area contributed by atoms with E-state index in [-0.39, 0.29) is 17.9 Å². The van der Waals surface area contributed by atoms with Gasteiger partial charge in [0.2, 0.25) is 11.8 Å². The van der Waals surface area contributed by atoms with Gasteiger partial charge >= 0.3 is 0 Å². The minimum Gasteiger partial charge on any atom is -0.354 e. The largest absolute Gasteiger partial charge is 0.354 e. The zero-order valence-electron chi connectivity index (χ0n) is 10.8. The summed E-state index contributed by atoms with van der Waals surface area (Å²) in [6.07, 6.45) is 8.45. The second-order valence-electron chi connectivity index (χ2n) is 4.72. The molecule has 1 rings (SSSR count). The van der Waals surface area contributed by atoms with Crippen molar-refractivity contribution < 1.29 is 9.59 Å². The Morgan fingerprint density at radius 3 is 2.65 bits per heavy atom. The molecule has 0 spiro atoms. The molecule has 0 radical (unpaired) electrons. The minimum absolute atomic E-state index is 0.00952. The number of nitrogens with one attached hydrogen (secondary N) is 2. The molecule has 98 valence electrons. The Morgan fingerprint density at radius 2 is 2.00 bits per heavy atom. The van der Waals surface area contributed by atoms with Crippen LogP contribution < -0.4 is 10.6 Å². The number of carbonyl (C=O) groups excluding carboxylic acids is 2. The van der Waals surface area contributed by atoms with Crippen molar-refractivity contribution in [1.29, 1.82) is 0 Å². The van der Waals surface area contributed by atoms with Crippen LogP contribution in [0.4, 0.5) is 0 Å². The standard InChI is InChI=1S/C13H24N2O2/c1-2-3-4-5-6-7-10-14-13(17)11-8-9-12(16)15-11/h11H,2-10H2,1H3,(H,14,17)(H,15,16). The van der Waals surface area contributed by atoms with Crippen LogP contribution in [0.1, 0.15) is 58.3 Å². The maximum absolute atomic E-state index is 11.6. The van der Waals surface area contributed by atoms with Gasteiger partial charge in [0, 0.05) is 13.0 Å². The van der Waals surface area contributed by atoms with Crippen molar-refractivity contribution in [3.8, 4) is 0 Å². The normalized spacial score (nSPS) is 19.1. The molecule has 1 saturated heterocycles. The zero-order valence-corrected chi connectivity index (χ0v) is 10.8. The second-order valence-corrected chi connectivity index (χ2v) is 4.72. The molecular weight excluding hydrogens is 216 g/mol. The Bertz CT molecular complexity index is 254. The van der Waals surface area contributed by atoms with Gasteiger partial charge in [-0.3, -0.25) is 9.59 Å². The first-order valence-corrected chi connectivity index (χ1v) is 6.81. The number of amides is 2. The molecule has 1 aliphatic heterocycles. The van der Waals surface area contributed by atoms with Crippen LogP contribution in [-0.4, -0.2) is 24.4 Å². The second kappa shape index (κ2) is 8.09. The summed E-state index contributed by atoms with van der Waals surface area (Å²) >= 11 is 0. The highest BCUT2D eigenvalue weighted by molar-refractivity contribution is 5.90. The zero-order chi connectivity index (χ0) is 12.5. The highest BCUT2D eigenvalue weighted by Gasteiger charge is 2.26. The number of unbranched alkanes of at least 4 members (excludes halogenated alkanes) is 5. The van der Waals surface area contributed by atoms with Crippen molar-refractivity contribution >= 4 is 11.8 Å². The van der Waals surface area contributed by atoms with Crippen LogP contribution in [0.3, 0.4) is 0 Å². The Kier molecular flexibility index (Phi) is 6.67. The molecule has 17 heavy (non-hydrogen) atoms. The van der Waals surface area contributed by atoms with Gasteiger partial charge in [0.15, 0.2) is 0 Å². The lowest BCUT2D eigenvalue weighted by Gasteiger charge is -2.10. The van der Waals surface area contributed by atoms with Gasteiger partial charge in [0.1, 0.15) is 6.04 Å². The lowest BCUT2D eigenvalue weighted by Crippen LogP contribution is -2.41. The highest BCUT2D eigenvalue weighted by atomic mass is 16.2. The molecule has 1 fully saturated rings. The van der Waals surface area contributed by atoms with E-state index in [1.54, 1.807) is 0 Å². The van der Waals surface area contributed by atoms with Gasteiger partial charge in [-0.2, -0.15) is 0 Å². The fraction of sp³-hybridized carbons (Fsp3) is 0.846. The minimum atomic E-state index is -0.289. The average molecular weight is 240 g/mol. The summed E-state index contributed by atoms with van der Waals surface area (Å²) in [5, 5.41) is 5.55.